The summed E-state index contributed by atoms with van der Waals surface area (Å²) in [6, 6.07) is 13.2. The number of rotatable bonds is 7. The quantitative estimate of drug-likeness (QED) is 0.799. The lowest BCUT2D eigenvalue weighted by Gasteiger charge is -2.17. The molecule has 0 radical (unpaired) electrons. The first-order valence-corrected chi connectivity index (χ1v) is 9.39. The van der Waals surface area contributed by atoms with Crippen molar-refractivity contribution < 1.29 is 19.1 Å². The van der Waals surface area contributed by atoms with E-state index in [2.05, 4.69) is 5.32 Å². The first-order valence-electron chi connectivity index (χ1n) is 9.39. The minimum Gasteiger partial charge on any atom is -0.497 e. The molecule has 1 aliphatic rings. The highest BCUT2D eigenvalue weighted by Crippen LogP contribution is 2.22. The Bertz CT molecular complexity index is 848. The Balaban J connectivity index is 1.49. The normalized spacial score (nSPS) is 16.2. The molecule has 1 atom stereocenters. The summed E-state index contributed by atoms with van der Waals surface area (Å²) >= 11 is 0. The average Bonchev–Trinajstić information content (AvgIpc) is 3.05. The Morgan fingerprint density at radius 2 is 1.86 bits per heavy atom. The molecule has 0 bridgehead atoms. The van der Waals surface area contributed by atoms with Gasteiger partial charge in [-0.25, -0.2) is 0 Å². The Kier molecular flexibility index (Phi) is 6.19. The van der Waals surface area contributed by atoms with Gasteiger partial charge in [-0.1, -0.05) is 17.7 Å². The molecular formula is C22H26N2O4. The van der Waals surface area contributed by atoms with Crippen LogP contribution in [0.15, 0.2) is 42.5 Å². The molecule has 1 fully saturated rings. The number of nitrogens with one attached hydrogen (secondary N) is 1. The van der Waals surface area contributed by atoms with E-state index in [0.717, 1.165) is 28.3 Å². The second kappa shape index (κ2) is 8.78. The van der Waals surface area contributed by atoms with E-state index in [9.17, 15) is 9.59 Å². The van der Waals surface area contributed by atoms with Crippen LogP contribution in [0.2, 0.25) is 0 Å². The van der Waals surface area contributed by atoms with Gasteiger partial charge in [0, 0.05) is 18.7 Å². The summed E-state index contributed by atoms with van der Waals surface area (Å²) in [7, 11) is 1.61. The second-order valence-corrected chi connectivity index (χ2v) is 7.07. The fourth-order valence-electron chi connectivity index (χ4n) is 3.30. The Hall–Kier alpha value is -3.02. The lowest BCUT2D eigenvalue weighted by molar-refractivity contribution is -0.128. The SMILES string of the molecule is COc1ccc(OCCN2CC(C(=O)Nc3ccc(C)cc3C)CC2=O)cc1. The summed E-state index contributed by atoms with van der Waals surface area (Å²) in [5.74, 6) is 1.02. The Morgan fingerprint density at radius 1 is 1.14 bits per heavy atom. The molecule has 28 heavy (non-hydrogen) atoms. The van der Waals surface area contributed by atoms with Crippen molar-refractivity contribution in [1.82, 2.24) is 4.90 Å². The van der Waals surface area contributed by atoms with Gasteiger partial charge in [0.1, 0.15) is 18.1 Å². The van der Waals surface area contributed by atoms with Gasteiger partial charge in [-0.2, -0.15) is 0 Å². The number of aryl methyl sites for hydroxylation is 2. The highest BCUT2D eigenvalue weighted by atomic mass is 16.5. The molecule has 0 saturated carbocycles. The molecule has 1 unspecified atom stereocenters. The minimum absolute atomic E-state index is 0.0147. The molecule has 6 nitrogen and oxygen atoms in total. The third-order valence-electron chi connectivity index (χ3n) is 4.91. The molecule has 0 spiro atoms. The lowest BCUT2D eigenvalue weighted by atomic mass is 10.1. The van der Waals surface area contributed by atoms with E-state index < -0.39 is 0 Å². The molecule has 1 saturated heterocycles. The van der Waals surface area contributed by atoms with Crippen LogP contribution >= 0.6 is 0 Å². The smallest absolute Gasteiger partial charge is 0.229 e. The fraction of sp³-hybridized carbons (Fsp3) is 0.364. The second-order valence-electron chi connectivity index (χ2n) is 7.07. The molecule has 2 aromatic carbocycles. The maximum Gasteiger partial charge on any atom is 0.229 e. The van der Waals surface area contributed by atoms with Crippen molar-refractivity contribution in [2.45, 2.75) is 20.3 Å². The molecule has 1 aliphatic heterocycles. The number of anilines is 1. The molecule has 0 aliphatic carbocycles. The number of amides is 2. The van der Waals surface area contributed by atoms with Gasteiger partial charge in [0.25, 0.3) is 0 Å². The third kappa shape index (κ3) is 4.82. The van der Waals surface area contributed by atoms with Gasteiger partial charge in [0.2, 0.25) is 11.8 Å². The highest BCUT2D eigenvalue weighted by molar-refractivity contribution is 5.97. The van der Waals surface area contributed by atoms with E-state index in [1.54, 1.807) is 12.0 Å². The Morgan fingerprint density at radius 3 is 2.54 bits per heavy atom. The lowest BCUT2D eigenvalue weighted by Crippen LogP contribution is -2.31. The number of carbonyl (C=O) groups excluding carboxylic acids is 2. The van der Waals surface area contributed by atoms with Gasteiger partial charge in [0.15, 0.2) is 0 Å². The zero-order valence-electron chi connectivity index (χ0n) is 16.5. The van der Waals surface area contributed by atoms with Crippen molar-refractivity contribution in [3.8, 4) is 11.5 Å². The topological polar surface area (TPSA) is 67.9 Å². The summed E-state index contributed by atoms with van der Waals surface area (Å²) in [6.45, 7) is 5.23. The summed E-state index contributed by atoms with van der Waals surface area (Å²) in [5, 5.41) is 2.95. The van der Waals surface area contributed by atoms with E-state index in [1.165, 1.54) is 0 Å². The highest BCUT2D eigenvalue weighted by Gasteiger charge is 2.34. The predicted molar refractivity (Wildman–Crippen MR) is 108 cm³/mol. The molecule has 1 N–H and O–H groups in total. The predicted octanol–water partition coefficient (Wildman–Crippen LogP) is 3.18. The number of nitrogens with zero attached hydrogens (tertiary/aromatic N) is 1. The minimum atomic E-state index is -0.339. The molecule has 1 heterocycles. The van der Waals surface area contributed by atoms with Crippen molar-refractivity contribution in [1.29, 1.82) is 0 Å². The summed E-state index contributed by atoms with van der Waals surface area (Å²) in [6.07, 6.45) is 0.235. The van der Waals surface area contributed by atoms with Gasteiger partial charge in [-0.05, 0) is 49.7 Å². The van der Waals surface area contributed by atoms with Gasteiger partial charge in [-0.3, -0.25) is 9.59 Å². The zero-order chi connectivity index (χ0) is 20.1. The molecule has 148 valence electrons. The first kappa shape index (κ1) is 19.7. The maximum atomic E-state index is 12.6. The third-order valence-corrected chi connectivity index (χ3v) is 4.91. The van der Waals surface area contributed by atoms with Gasteiger partial charge in [0.05, 0.1) is 19.6 Å². The molecular weight excluding hydrogens is 356 g/mol. The van der Waals surface area contributed by atoms with E-state index in [4.69, 9.17) is 9.47 Å². The van der Waals surface area contributed by atoms with E-state index in [-0.39, 0.29) is 24.2 Å². The van der Waals surface area contributed by atoms with Crippen LogP contribution in [0.4, 0.5) is 5.69 Å². The van der Waals surface area contributed by atoms with Gasteiger partial charge < -0.3 is 19.7 Å². The van der Waals surface area contributed by atoms with Crippen molar-refractivity contribution in [3.05, 3.63) is 53.6 Å². The van der Waals surface area contributed by atoms with Gasteiger partial charge in [-0.15, -0.1) is 0 Å². The van der Waals surface area contributed by atoms with Crippen LogP contribution in [0.5, 0.6) is 11.5 Å². The largest absolute Gasteiger partial charge is 0.497 e. The van der Waals surface area contributed by atoms with Crippen LogP contribution in [0.1, 0.15) is 17.5 Å². The monoisotopic (exact) mass is 382 g/mol. The number of carbonyl (C=O) groups is 2. The number of methoxy groups -OCH3 is 1. The van der Waals surface area contributed by atoms with E-state index >= 15 is 0 Å². The number of ether oxygens (including phenoxy) is 2. The molecule has 3 rings (SSSR count). The first-order chi connectivity index (χ1) is 13.5. The van der Waals surface area contributed by atoms with E-state index in [0.29, 0.717) is 19.7 Å². The number of hydrogen-bond acceptors (Lipinski definition) is 4. The summed E-state index contributed by atoms with van der Waals surface area (Å²) < 4.78 is 10.8. The van der Waals surface area contributed by atoms with Crippen LogP contribution in [0.3, 0.4) is 0 Å². The van der Waals surface area contributed by atoms with Crippen LogP contribution < -0.4 is 14.8 Å². The van der Waals surface area contributed by atoms with Crippen LogP contribution in [-0.2, 0) is 9.59 Å². The van der Waals surface area contributed by atoms with Crippen LogP contribution in [0, 0.1) is 19.8 Å². The summed E-state index contributed by atoms with van der Waals surface area (Å²) in [4.78, 5) is 26.5. The zero-order valence-corrected chi connectivity index (χ0v) is 16.5. The van der Waals surface area contributed by atoms with E-state index in [1.807, 2.05) is 56.3 Å². The van der Waals surface area contributed by atoms with Crippen molar-refractivity contribution >= 4 is 17.5 Å². The number of hydrogen-bond donors (Lipinski definition) is 1. The molecule has 2 amide bonds. The molecule has 2 aromatic rings. The fourth-order valence-corrected chi connectivity index (χ4v) is 3.30. The standard InChI is InChI=1S/C22H26N2O4/c1-15-4-9-20(16(2)12-15)23-22(26)17-13-21(25)24(14-17)10-11-28-19-7-5-18(27-3)6-8-19/h4-9,12,17H,10-11,13-14H2,1-3H3,(H,23,26). The van der Waals surface area contributed by atoms with Crippen LogP contribution in [0.25, 0.3) is 0 Å². The van der Waals surface area contributed by atoms with Crippen molar-refractivity contribution in [2.75, 3.05) is 32.1 Å². The van der Waals surface area contributed by atoms with Gasteiger partial charge >= 0.3 is 0 Å². The number of likely N-dealkylation sites (tertiary alicyclic amines) is 1. The molecule has 6 heteroatoms. The Labute approximate surface area is 165 Å². The molecule has 0 aromatic heterocycles. The average molecular weight is 382 g/mol. The van der Waals surface area contributed by atoms with Crippen molar-refractivity contribution in [2.24, 2.45) is 5.92 Å². The van der Waals surface area contributed by atoms with Crippen LogP contribution in [-0.4, -0.2) is 43.5 Å². The maximum absolute atomic E-state index is 12.6. The van der Waals surface area contributed by atoms with Crippen molar-refractivity contribution in [3.63, 3.8) is 0 Å². The number of benzene rings is 2. The summed E-state index contributed by atoms with van der Waals surface area (Å²) in [5.41, 5.74) is 2.96.